The molecule has 6 nitrogen and oxygen atoms in total. The van der Waals surface area contributed by atoms with Crippen molar-refractivity contribution < 1.29 is 14.6 Å². The predicted octanol–water partition coefficient (Wildman–Crippen LogP) is 2.64. The van der Waals surface area contributed by atoms with Crippen LogP contribution in [0, 0.1) is 0 Å². The van der Waals surface area contributed by atoms with Crippen LogP contribution < -0.4 is 4.74 Å². The second-order valence-electron chi connectivity index (χ2n) is 7.00. The molecule has 1 saturated heterocycles. The van der Waals surface area contributed by atoms with Crippen molar-refractivity contribution in [1.82, 2.24) is 14.8 Å². The fourth-order valence-electron chi connectivity index (χ4n) is 3.27. The number of benzene rings is 1. The van der Waals surface area contributed by atoms with Crippen LogP contribution in [0.4, 0.5) is 0 Å². The summed E-state index contributed by atoms with van der Waals surface area (Å²) in [6, 6.07) is 11.9. The second kappa shape index (κ2) is 9.48. The first kappa shape index (κ1) is 19.3. The molecule has 1 aliphatic heterocycles. The van der Waals surface area contributed by atoms with E-state index in [9.17, 15) is 4.79 Å². The normalized spacial score (nSPS) is 17.2. The molecule has 3 rings (SSSR count). The van der Waals surface area contributed by atoms with Crippen molar-refractivity contribution in [3.05, 3.63) is 59.9 Å². The summed E-state index contributed by atoms with van der Waals surface area (Å²) in [4.78, 5) is 19.9. The largest absolute Gasteiger partial charge is 0.479 e. The van der Waals surface area contributed by atoms with E-state index in [1.165, 1.54) is 18.1 Å². The molecule has 1 aromatic heterocycles. The molecule has 0 bridgehead atoms. The monoisotopic (exact) mass is 369 g/mol. The lowest BCUT2D eigenvalue weighted by atomic mass is 10.2. The van der Waals surface area contributed by atoms with Crippen LogP contribution in [0.1, 0.15) is 24.5 Å². The van der Waals surface area contributed by atoms with Crippen LogP contribution in [0.5, 0.6) is 5.75 Å². The third kappa shape index (κ3) is 6.05. The molecule has 27 heavy (non-hydrogen) atoms. The van der Waals surface area contributed by atoms with Gasteiger partial charge >= 0.3 is 5.97 Å². The molecule has 1 aliphatic rings. The highest BCUT2D eigenvalue weighted by Gasteiger charge is 2.16. The number of aliphatic carboxylic acids is 1. The first-order valence-electron chi connectivity index (χ1n) is 9.42. The number of nitrogens with zero attached hydrogens (tertiary/aromatic N) is 3. The van der Waals surface area contributed by atoms with Crippen LogP contribution in [-0.4, -0.2) is 58.1 Å². The molecular formula is C21H27N3O3. The lowest BCUT2D eigenvalue weighted by Gasteiger charge is -2.22. The molecular weight excluding hydrogens is 342 g/mol. The molecule has 0 amide bonds. The van der Waals surface area contributed by atoms with Gasteiger partial charge in [0, 0.05) is 38.6 Å². The number of hydrogen-bond acceptors (Lipinski definition) is 5. The van der Waals surface area contributed by atoms with Gasteiger partial charge in [0.1, 0.15) is 5.75 Å². The van der Waals surface area contributed by atoms with Crippen molar-refractivity contribution >= 4 is 5.97 Å². The number of rotatable bonds is 7. The van der Waals surface area contributed by atoms with E-state index in [-0.39, 0.29) is 0 Å². The molecule has 144 valence electrons. The van der Waals surface area contributed by atoms with E-state index >= 15 is 0 Å². The number of carboxylic acids is 1. The Kier molecular flexibility index (Phi) is 6.79. The summed E-state index contributed by atoms with van der Waals surface area (Å²) in [5, 5.41) is 8.92. The minimum atomic E-state index is -0.958. The Morgan fingerprint density at radius 3 is 2.11 bits per heavy atom. The Morgan fingerprint density at radius 1 is 1.00 bits per heavy atom. The summed E-state index contributed by atoms with van der Waals surface area (Å²) in [7, 11) is 0. The first-order chi connectivity index (χ1) is 13.1. The van der Waals surface area contributed by atoms with Gasteiger partial charge in [-0.05, 0) is 61.8 Å². The van der Waals surface area contributed by atoms with Crippen LogP contribution in [0.25, 0.3) is 0 Å². The summed E-state index contributed by atoms with van der Waals surface area (Å²) in [5.41, 5.74) is 2.53. The van der Waals surface area contributed by atoms with Crippen molar-refractivity contribution in [1.29, 1.82) is 0 Å². The highest BCUT2D eigenvalue weighted by Crippen LogP contribution is 2.16. The maximum absolute atomic E-state index is 10.9. The van der Waals surface area contributed by atoms with Crippen LogP contribution in [0.15, 0.2) is 48.8 Å². The van der Waals surface area contributed by atoms with Crippen molar-refractivity contribution in [2.75, 3.05) is 26.2 Å². The molecule has 6 heteroatoms. The number of aromatic nitrogens is 1. The zero-order chi connectivity index (χ0) is 19.1. The smallest absolute Gasteiger partial charge is 0.344 e. The van der Waals surface area contributed by atoms with E-state index in [1.54, 1.807) is 0 Å². The third-order valence-corrected chi connectivity index (χ3v) is 4.83. The third-order valence-electron chi connectivity index (χ3n) is 4.83. The topological polar surface area (TPSA) is 65.9 Å². The van der Waals surface area contributed by atoms with E-state index in [1.807, 2.05) is 36.7 Å². The van der Waals surface area contributed by atoms with Gasteiger partial charge in [-0.25, -0.2) is 4.79 Å². The predicted molar refractivity (Wildman–Crippen MR) is 104 cm³/mol. The van der Waals surface area contributed by atoms with Gasteiger partial charge in [-0.15, -0.1) is 0 Å². The van der Waals surface area contributed by atoms with Crippen molar-refractivity contribution in [3.63, 3.8) is 0 Å². The van der Waals surface area contributed by atoms with E-state index < -0.39 is 12.1 Å². The molecule has 0 saturated carbocycles. The first-order valence-corrected chi connectivity index (χ1v) is 9.42. The number of pyridine rings is 1. The molecule has 2 aromatic rings. The van der Waals surface area contributed by atoms with Crippen LogP contribution in [0.2, 0.25) is 0 Å². The number of carboxylic acid groups (broad SMARTS) is 1. The molecule has 0 radical (unpaired) electrons. The zero-order valence-corrected chi connectivity index (χ0v) is 15.8. The van der Waals surface area contributed by atoms with E-state index in [0.717, 1.165) is 45.7 Å². The Hall–Kier alpha value is -2.44. The van der Waals surface area contributed by atoms with Gasteiger partial charge in [-0.1, -0.05) is 12.1 Å². The van der Waals surface area contributed by atoms with Gasteiger partial charge in [-0.2, -0.15) is 0 Å². The molecule has 1 fully saturated rings. The average Bonchev–Trinajstić information content (AvgIpc) is 2.89. The van der Waals surface area contributed by atoms with Crippen LogP contribution in [-0.2, 0) is 17.9 Å². The van der Waals surface area contributed by atoms with E-state index in [2.05, 4.69) is 26.9 Å². The molecule has 1 atom stereocenters. The Balaban J connectivity index is 1.49. The molecule has 1 aromatic carbocycles. The maximum atomic E-state index is 10.9. The van der Waals surface area contributed by atoms with Gasteiger partial charge in [0.15, 0.2) is 6.10 Å². The maximum Gasteiger partial charge on any atom is 0.344 e. The highest BCUT2D eigenvalue weighted by molar-refractivity contribution is 5.72. The summed E-state index contributed by atoms with van der Waals surface area (Å²) in [5.74, 6) is -0.368. The van der Waals surface area contributed by atoms with Crippen LogP contribution in [0.3, 0.4) is 0 Å². The lowest BCUT2D eigenvalue weighted by Crippen LogP contribution is -2.30. The standard InChI is InChI=1S/C21H27N3O3/c1-17(21(25)26)27-20-5-3-18(4-6-20)15-23-11-2-12-24(14-13-23)16-19-7-9-22-10-8-19/h3-10,17H,2,11-16H2,1H3,(H,25,26)/t17-/m0/s1. The minimum Gasteiger partial charge on any atom is -0.479 e. The van der Waals surface area contributed by atoms with Crippen LogP contribution >= 0.6 is 0 Å². The lowest BCUT2D eigenvalue weighted by molar-refractivity contribution is -0.144. The minimum absolute atomic E-state index is 0.591. The second-order valence-corrected chi connectivity index (χ2v) is 7.00. The summed E-state index contributed by atoms with van der Waals surface area (Å²) >= 11 is 0. The van der Waals surface area contributed by atoms with Crippen molar-refractivity contribution in [3.8, 4) is 5.75 Å². The fourth-order valence-corrected chi connectivity index (χ4v) is 3.27. The molecule has 0 aliphatic carbocycles. The quantitative estimate of drug-likeness (QED) is 0.809. The molecule has 1 N–H and O–H groups in total. The Labute approximate surface area is 160 Å². The SMILES string of the molecule is C[C@H](Oc1ccc(CN2CCCN(Cc3ccncc3)CC2)cc1)C(=O)O. The molecule has 0 unspecified atom stereocenters. The summed E-state index contributed by atoms with van der Waals surface area (Å²) in [6.45, 7) is 7.70. The Bertz CT molecular complexity index is 721. The van der Waals surface area contributed by atoms with Crippen molar-refractivity contribution in [2.45, 2.75) is 32.5 Å². The molecule has 2 heterocycles. The summed E-state index contributed by atoms with van der Waals surface area (Å²) < 4.78 is 5.39. The number of carbonyl (C=O) groups is 1. The Morgan fingerprint density at radius 2 is 1.56 bits per heavy atom. The van der Waals surface area contributed by atoms with Crippen molar-refractivity contribution in [2.24, 2.45) is 0 Å². The van der Waals surface area contributed by atoms with E-state index in [0.29, 0.717) is 5.75 Å². The summed E-state index contributed by atoms with van der Waals surface area (Å²) in [6.07, 6.45) is 4.02. The zero-order valence-electron chi connectivity index (χ0n) is 15.8. The van der Waals surface area contributed by atoms with E-state index in [4.69, 9.17) is 9.84 Å². The van der Waals surface area contributed by atoms with Gasteiger partial charge in [-0.3, -0.25) is 14.8 Å². The van der Waals surface area contributed by atoms with Gasteiger partial charge in [0.25, 0.3) is 0 Å². The molecule has 0 spiro atoms. The van der Waals surface area contributed by atoms with Gasteiger partial charge in [0.05, 0.1) is 0 Å². The fraction of sp³-hybridized carbons (Fsp3) is 0.429. The number of hydrogen-bond donors (Lipinski definition) is 1. The highest BCUT2D eigenvalue weighted by atomic mass is 16.5. The average molecular weight is 369 g/mol. The number of ether oxygens (including phenoxy) is 1. The van der Waals surface area contributed by atoms with Gasteiger partial charge < -0.3 is 9.84 Å². The van der Waals surface area contributed by atoms with Gasteiger partial charge in [0.2, 0.25) is 0 Å².